The third-order valence-electron chi connectivity index (χ3n) is 5.38. The van der Waals surface area contributed by atoms with Crippen molar-refractivity contribution in [3.8, 4) is 45.5 Å². The van der Waals surface area contributed by atoms with Crippen molar-refractivity contribution in [2.45, 2.75) is 6.54 Å². The molecule has 33 heavy (non-hydrogen) atoms. The van der Waals surface area contributed by atoms with E-state index in [9.17, 15) is 0 Å². The number of hydrogen-bond donors (Lipinski definition) is 0. The first kappa shape index (κ1) is 22.7. The molecule has 0 unspecified atom stereocenters. The molecule has 0 aliphatic rings. The van der Waals surface area contributed by atoms with Crippen molar-refractivity contribution in [3.05, 3.63) is 76.8 Å². The van der Waals surface area contributed by atoms with Gasteiger partial charge < -0.3 is 18.9 Å². The van der Waals surface area contributed by atoms with E-state index in [1.165, 1.54) is 0 Å². The molecule has 0 aliphatic carbocycles. The second-order valence-corrected chi connectivity index (χ2v) is 8.09. The van der Waals surface area contributed by atoms with Crippen LogP contribution in [0.25, 0.3) is 22.5 Å². The number of ether oxygens (including phenoxy) is 4. The number of rotatable bonds is 8. The topological polar surface area (TPSA) is 54.7 Å². The number of halogens is 1. The Kier molecular flexibility index (Phi) is 6.89. The van der Waals surface area contributed by atoms with Gasteiger partial charge in [0.2, 0.25) is 0 Å². The Hall–Kier alpha value is -3.45. The quantitative estimate of drug-likeness (QED) is 0.289. The van der Waals surface area contributed by atoms with E-state index in [2.05, 4.69) is 28.1 Å². The minimum Gasteiger partial charge on any atom is -0.493 e. The SMILES string of the molecule is COc1ccc(-c2nn(Cc3ccccc3)c(-c3ccc(OC)c(OC)c3)c2Br)cc1OC. The molecule has 1 aromatic heterocycles. The molecule has 1 heterocycles. The van der Waals surface area contributed by atoms with Crippen LogP contribution in [0.4, 0.5) is 0 Å². The van der Waals surface area contributed by atoms with Crippen LogP contribution in [-0.4, -0.2) is 38.2 Å². The molecule has 170 valence electrons. The van der Waals surface area contributed by atoms with E-state index >= 15 is 0 Å². The van der Waals surface area contributed by atoms with Gasteiger partial charge in [-0.2, -0.15) is 5.10 Å². The molecule has 0 bridgehead atoms. The third-order valence-corrected chi connectivity index (χ3v) is 6.13. The fourth-order valence-corrected chi connectivity index (χ4v) is 4.48. The number of nitrogens with zero attached hydrogens (tertiary/aromatic N) is 2. The van der Waals surface area contributed by atoms with Crippen molar-refractivity contribution in [2.75, 3.05) is 28.4 Å². The van der Waals surface area contributed by atoms with Crippen molar-refractivity contribution in [1.82, 2.24) is 9.78 Å². The maximum atomic E-state index is 5.54. The Morgan fingerprint density at radius 3 is 1.82 bits per heavy atom. The van der Waals surface area contributed by atoms with E-state index < -0.39 is 0 Å². The molecule has 0 saturated carbocycles. The van der Waals surface area contributed by atoms with Gasteiger partial charge in [0.15, 0.2) is 23.0 Å². The van der Waals surface area contributed by atoms with Crippen molar-refractivity contribution >= 4 is 15.9 Å². The van der Waals surface area contributed by atoms with Crippen molar-refractivity contribution < 1.29 is 18.9 Å². The van der Waals surface area contributed by atoms with Gasteiger partial charge in [-0.3, -0.25) is 4.68 Å². The maximum Gasteiger partial charge on any atom is 0.161 e. The van der Waals surface area contributed by atoms with Gasteiger partial charge in [-0.05, 0) is 57.9 Å². The van der Waals surface area contributed by atoms with Crippen LogP contribution in [0, 0.1) is 0 Å². The molecule has 7 heteroatoms. The number of benzene rings is 3. The summed E-state index contributed by atoms with van der Waals surface area (Å²) in [6.07, 6.45) is 0. The molecule has 0 saturated heterocycles. The predicted molar refractivity (Wildman–Crippen MR) is 133 cm³/mol. The van der Waals surface area contributed by atoms with E-state index in [0.717, 1.165) is 32.6 Å². The highest BCUT2D eigenvalue weighted by Crippen LogP contribution is 2.41. The standard InChI is InChI=1S/C26H25BrN2O4/c1-30-20-12-10-18(14-22(20)32-3)25-24(27)26(19-11-13-21(31-2)23(15-19)33-4)29(28-25)16-17-8-6-5-7-9-17/h5-15H,16H2,1-4H3. The fourth-order valence-electron chi connectivity index (χ4n) is 3.74. The summed E-state index contributed by atoms with van der Waals surface area (Å²) in [7, 11) is 6.51. The number of hydrogen-bond acceptors (Lipinski definition) is 5. The predicted octanol–water partition coefficient (Wildman–Crippen LogP) is 6.06. The number of aromatic nitrogens is 2. The Morgan fingerprint density at radius 2 is 1.24 bits per heavy atom. The zero-order valence-electron chi connectivity index (χ0n) is 19.0. The van der Waals surface area contributed by atoms with E-state index in [-0.39, 0.29) is 0 Å². The van der Waals surface area contributed by atoms with Gasteiger partial charge in [-0.25, -0.2) is 0 Å². The molecule has 4 aromatic rings. The molecular weight excluding hydrogens is 484 g/mol. The Morgan fingerprint density at radius 1 is 0.697 bits per heavy atom. The first-order chi connectivity index (χ1) is 16.1. The Balaban J connectivity index is 1.89. The molecule has 0 N–H and O–H groups in total. The lowest BCUT2D eigenvalue weighted by molar-refractivity contribution is 0.355. The molecular formula is C26H25BrN2O4. The van der Waals surface area contributed by atoms with Crippen LogP contribution in [0.1, 0.15) is 5.56 Å². The van der Waals surface area contributed by atoms with Crippen molar-refractivity contribution in [1.29, 1.82) is 0 Å². The van der Waals surface area contributed by atoms with E-state index in [4.69, 9.17) is 24.0 Å². The average molecular weight is 509 g/mol. The average Bonchev–Trinajstić information content (AvgIpc) is 3.19. The lowest BCUT2D eigenvalue weighted by Gasteiger charge is -2.12. The fraction of sp³-hybridized carbons (Fsp3) is 0.192. The normalized spacial score (nSPS) is 10.7. The van der Waals surface area contributed by atoms with E-state index in [1.807, 2.05) is 59.3 Å². The smallest absolute Gasteiger partial charge is 0.161 e. The lowest BCUT2D eigenvalue weighted by atomic mass is 10.1. The summed E-state index contributed by atoms with van der Waals surface area (Å²) < 4.78 is 24.7. The molecule has 6 nitrogen and oxygen atoms in total. The van der Waals surface area contributed by atoms with Gasteiger partial charge in [-0.1, -0.05) is 30.3 Å². The van der Waals surface area contributed by atoms with Crippen LogP contribution in [0.3, 0.4) is 0 Å². The largest absolute Gasteiger partial charge is 0.493 e. The molecule has 3 aromatic carbocycles. The van der Waals surface area contributed by atoms with Crippen LogP contribution in [0.5, 0.6) is 23.0 Å². The first-order valence-electron chi connectivity index (χ1n) is 10.3. The Bertz CT molecular complexity index is 1250. The second kappa shape index (κ2) is 10.0. The van der Waals surface area contributed by atoms with Crippen LogP contribution >= 0.6 is 15.9 Å². The lowest BCUT2D eigenvalue weighted by Crippen LogP contribution is -2.04. The van der Waals surface area contributed by atoms with Gasteiger partial charge in [0, 0.05) is 11.1 Å². The van der Waals surface area contributed by atoms with E-state index in [0.29, 0.717) is 29.5 Å². The summed E-state index contributed by atoms with van der Waals surface area (Å²) >= 11 is 3.83. The molecule has 0 aliphatic heterocycles. The Labute approximate surface area is 201 Å². The minimum absolute atomic E-state index is 0.608. The first-order valence-corrected chi connectivity index (χ1v) is 11.1. The molecule has 0 radical (unpaired) electrons. The second-order valence-electron chi connectivity index (χ2n) is 7.29. The summed E-state index contributed by atoms with van der Waals surface area (Å²) in [4.78, 5) is 0. The van der Waals surface area contributed by atoms with Gasteiger partial charge in [0.25, 0.3) is 0 Å². The molecule has 0 spiro atoms. The van der Waals surface area contributed by atoms with Gasteiger partial charge in [0.05, 0.1) is 45.2 Å². The summed E-state index contributed by atoms with van der Waals surface area (Å²) in [5.74, 6) is 2.64. The highest BCUT2D eigenvalue weighted by molar-refractivity contribution is 9.10. The monoisotopic (exact) mass is 508 g/mol. The zero-order valence-corrected chi connectivity index (χ0v) is 20.5. The zero-order chi connectivity index (χ0) is 23.4. The third kappa shape index (κ3) is 4.54. The summed E-state index contributed by atoms with van der Waals surface area (Å²) in [6, 6.07) is 21.9. The maximum absolute atomic E-state index is 5.54. The molecule has 0 atom stereocenters. The number of methoxy groups -OCH3 is 4. The summed E-state index contributed by atoms with van der Waals surface area (Å²) in [5, 5.41) is 4.98. The summed E-state index contributed by atoms with van der Waals surface area (Å²) in [5.41, 5.74) is 4.75. The highest BCUT2D eigenvalue weighted by atomic mass is 79.9. The van der Waals surface area contributed by atoms with Gasteiger partial charge in [0.1, 0.15) is 5.69 Å². The molecule has 0 amide bonds. The van der Waals surface area contributed by atoms with Gasteiger partial charge in [-0.15, -0.1) is 0 Å². The van der Waals surface area contributed by atoms with E-state index in [1.54, 1.807) is 28.4 Å². The van der Waals surface area contributed by atoms with Crippen LogP contribution in [0.15, 0.2) is 71.2 Å². The van der Waals surface area contributed by atoms with Crippen molar-refractivity contribution in [2.24, 2.45) is 0 Å². The van der Waals surface area contributed by atoms with Crippen LogP contribution in [-0.2, 0) is 6.54 Å². The van der Waals surface area contributed by atoms with Crippen LogP contribution in [0.2, 0.25) is 0 Å². The highest BCUT2D eigenvalue weighted by Gasteiger charge is 2.21. The van der Waals surface area contributed by atoms with Gasteiger partial charge >= 0.3 is 0 Å². The van der Waals surface area contributed by atoms with Crippen LogP contribution < -0.4 is 18.9 Å². The summed E-state index contributed by atoms with van der Waals surface area (Å²) in [6.45, 7) is 0.608. The molecule has 0 fully saturated rings. The van der Waals surface area contributed by atoms with Crippen molar-refractivity contribution in [3.63, 3.8) is 0 Å². The minimum atomic E-state index is 0.608. The molecule has 4 rings (SSSR count).